The van der Waals surface area contributed by atoms with Gasteiger partial charge >= 0.3 is 0 Å². The summed E-state index contributed by atoms with van der Waals surface area (Å²) in [5.74, 6) is 1.43. The number of rotatable bonds is 7. The highest BCUT2D eigenvalue weighted by atomic mass is 16.5. The molecule has 1 atom stereocenters. The van der Waals surface area contributed by atoms with Gasteiger partial charge in [-0.3, -0.25) is 9.67 Å². The summed E-state index contributed by atoms with van der Waals surface area (Å²) in [6.45, 7) is 0. The quantitative estimate of drug-likeness (QED) is 0.444. The lowest BCUT2D eigenvalue weighted by Crippen LogP contribution is -2.03. The van der Waals surface area contributed by atoms with Gasteiger partial charge in [0.05, 0.1) is 49.4 Å². The molecule has 2 heterocycles. The number of nitriles is 1. The lowest BCUT2D eigenvalue weighted by molar-refractivity contribution is 0.393. The second-order valence-electron chi connectivity index (χ2n) is 7.30. The van der Waals surface area contributed by atoms with Crippen LogP contribution in [0.5, 0.6) is 11.5 Å². The van der Waals surface area contributed by atoms with Crippen molar-refractivity contribution in [2.24, 2.45) is 7.05 Å². The summed E-state index contributed by atoms with van der Waals surface area (Å²) in [5.41, 5.74) is 5.41. The van der Waals surface area contributed by atoms with Crippen LogP contribution in [0.15, 0.2) is 55.0 Å². The topological polar surface area (TPSA) is 85.9 Å². The van der Waals surface area contributed by atoms with E-state index in [0.29, 0.717) is 12.8 Å². The normalized spacial score (nSPS) is 11.8. The van der Waals surface area contributed by atoms with Gasteiger partial charge in [0.2, 0.25) is 0 Å². The molecule has 0 bridgehead atoms. The fourth-order valence-electron chi connectivity index (χ4n) is 3.70. The Kier molecular flexibility index (Phi) is 5.80. The molecule has 0 radical (unpaired) electrons. The minimum Gasteiger partial charge on any atom is -0.497 e. The first kappa shape index (κ1) is 20.4. The van der Waals surface area contributed by atoms with Crippen molar-refractivity contribution in [1.29, 1.82) is 5.26 Å². The Bertz CT molecular complexity index is 1240. The molecule has 4 aromatic rings. The number of fused-ring (bicyclic) bond motifs is 1. The third-order valence-electron chi connectivity index (χ3n) is 5.29. The van der Waals surface area contributed by atoms with Gasteiger partial charge in [0.1, 0.15) is 11.5 Å². The number of methoxy groups -OCH3 is 2. The molecule has 2 aromatic heterocycles. The maximum absolute atomic E-state index is 9.22. The third kappa shape index (κ3) is 4.33. The SMILES string of the molecule is COc1cc(OC)cc(C(CCC#N)c2ccc3ncc(-c4cnn(C)c4)nc3c2)c1. The number of hydrogen-bond donors (Lipinski definition) is 0. The molecule has 156 valence electrons. The predicted octanol–water partition coefficient (Wildman–Crippen LogP) is 4.48. The molecule has 0 aliphatic heterocycles. The van der Waals surface area contributed by atoms with Gasteiger partial charge < -0.3 is 9.47 Å². The Labute approximate surface area is 180 Å². The minimum absolute atomic E-state index is 0.00287. The monoisotopic (exact) mass is 413 g/mol. The lowest BCUT2D eigenvalue weighted by atomic mass is 9.87. The van der Waals surface area contributed by atoms with Gasteiger partial charge in [-0.2, -0.15) is 10.4 Å². The van der Waals surface area contributed by atoms with Gasteiger partial charge in [-0.1, -0.05) is 6.07 Å². The van der Waals surface area contributed by atoms with Gasteiger partial charge in [-0.25, -0.2) is 4.98 Å². The van der Waals surface area contributed by atoms with E-state index in [1.54, 1.807) is 31.3 Å². The zero-order valence-electron chi connectivity index (χ0n) is 17.7. The van der Waals surface area contributed by atoms with Crippen molar-refractivity contribution in [2.75, 3.05) is 14.2 Å². The minimum atomic E-state index is -0.00287. The van der Waals surface area contributed by atoms with E-state index in [2.05, 4.69) is 28.3 Å². The number of aryl methyl sites for hydroxylation is 1. The molecule has 31 heavy (non-hydrogen) atoms. The predicted molar refractivity (Wildman–Crippen MR) is 118 cm³/mol. The van der Waals surface area contributed by atoms with Gasteiger partial charge in [0.25, 0.3) is 0 Å². The number of aromatic nitrogens is 4. The third-order valence-corrected chi connectivity index (χ3v) is 5.29. The molecular formula is C24H23N5O2. The van der Waals surface area contributed by atoms with Crippen molar-refractivity contribution in [3.05, 3.63) is 66.1 Å². The van der Waals surface area contributed by atoms with Gasteiger partial charge in [0, 0.05) is 37.2 Å². The Morgan fingerprint density at radius 2 is 1.77 bits per heavy atom. The molecule has 0 aliphatic rings. The van der Waals surface area contributed by atoms with Crippen molar-refractivity contribution in [3.8, 4) is 28.8 Å². The Hall–Kier alpha value is -3.92. The molecular weight excluding hydrogens is 390 g/mol. The second kappa shape index (κ2) is 8.84. The first-order valence-corrected chi connectivity index (χ1v) is 9.97. The fraction of sp³-hybridized carbons (Fsp3) is 0.250. The van der Waals surface area contributed by atoms with E-state index >= 15 is 0 Å². The van der Waals surface area contributed by atoms with E-state index in [1.807, 2.05) is 37.5 Å². The van der Waals surface area contributed by atoms with Crippen LogP contribution in [-0.4, -0.2) is 34.0 Å². The van der Waals surface area contributed by atoms with Gasteiger partial charge in [-0.15, -0.1) is 0 Å². The number of hydrogen-bond acceptors (Lipinski definition) is 6. The van der Waals surface area contributed by atoms with Crippen LogP contribution in [0.25, 0.3) is 22.3 Å². The summed E-state index contributed by atoms with van der Waals surface area (Å²) in [6.07, 6.45) is 6.56. The molecule has 0 fully saturated rings. The summed E-state index contributed by atoms with van der Waals surface area (Å²) in [6, 6.07) is 14.2. The molecule has 0 saturated heterocycles. The van der Waals surface area contributed by atoms with E-state index in [9.17, 15) is 5.26 Å². The molecule has 1 unspecified atom stereocenters. The average Bonchev–Trinajstić information content (AvgIpc) is 3.24. The molecule has 0 N–H and O–H groups in total. The van der Waals surface area contributed by atoms with Crippen LogP contribution in [0, 0.1) is 11.3 Å². The van der Waals surface area contributed by atoms with E-state index in [1.165, 1.54) is 0 Å². The largest absolute Gasteiger partial charge is 0.497 e. The molecule has 0 spiro atoms. The molecule has 4 rings (SSSR count). The van der Waals surface area contributed by atoms with Crippen LogP contribution < -0.4 is 9.47 Å². The number of benzene rings is 2. The zero-order chi connectivity index (χ0) is 21.8. The molecule has 0 saturated carbocycles. The maximum atomic E-state index is 9.22. The number of ether oxygens (including phenoxy) is 2. The molecule has 7 nitrogen and oxygen atoms in total. The second-order valence-corrected chi connectivity index (χ2v) is 7.30. The zero-order valence-corrected chi connectivity index (χ0v) is 17.7. The fourth-order valence-corrected chi connectivity index (χ4v) is 3.70. The van der Waals surface area contributed by atoms with Crippen molar-refractivity contribution in [1.82, 2.24) is 19.7 Å². The molecule has 0 amide bonds. The molecule has 7 heteroatoms. The summed E-state index contributed by atoms with van der Waals surface area (Å²) >= 11 is 0. The Morgan fingerprint density at radius 3 is 2.42 bits per heavy atom. The highest BCUT2D eigenvalue weighted by Gasteiger charge is 2.18. The van der Waals surface area contributed by atoms with Crippen LogP contribution in [-0.2, 0) is 7.05 Å². The van der Waals surface area contributed by atoms with E-state index in [4.69, 9.17) is 14.5 Å². The van der Waals surface area contributed by atoms with Crippen molar-refractivity contribution >= 4 is 11.0 Å². The Balaban J connectivity index is 1.79. The van der Waals surface area contributed by atoms with Gasteiger partial charge in [0.15, 0.2) is 0 Å². The standard InChI is InChI=1S/C24H23N5O2/c1-29-15-18(13-27-29)24-14-26-22-7-6-16(11-23(22)28-24)21(5-4-8-25)17-9-19(30-2)12-20(10-17)31-3/h6-7,9-15,21H,4-5H2,1-3H3. The van der Waals surface area contributed by atoms with Gasteiger partial charge in [-0.05, 0) is 41.8 Å². The first-order valence-electron chi connectivity index (χ1n) is 9.97. The molecule has 2 aromatic carbocycles. The van der Waals surface area contributed by atoms with Crippen LogP contribution in [0.4, 0.5) is 0 Å². The first-order chi connectivity index (χ1) is 15.1. The summed E-state index contributed by atoms with van der Waals surface area (Å²) in [5, 5.41) is 13.4. The van der Waals surface area contributed by atoms with Crippen molar-refractivity contribution < 1.29 is 9.47 Å². The highest BCUT2D eigenvalue weighted by molar-refractivity contribution is 5.78. The Morgan fingerprint density at radius 1 is 1.00 bits per heavy atom. The smallest absolute Gasteiger partial charge is 0.122 e. The average molecular weight is 413 g/mol. The summed E-state index contributed by atoms with van der Waals surface area (Å²) in [4.78, 5) is 9.38. The lowest BCUT2D eigenvalue weighted by Gasteiger charge is -2.19. The van der Waals surface area contributed by atoms with Crippen LogP contribution >= 0.6 is 0 Å². The van der Waals surface area contributed by atoms with Crippen LogP contribution in [0.3, 0.4) is 0 Å². The van der Waals surface area contributed by atoms with Crippen LogP contribution in [0.2, 0.25) is 0 Å². The van der Waals surface area contributed by atoms with E-state index < -0.39 is 0 Å². The van der Waals surface area contributed by atoms with Crippen molar-refractivity contribution in [3.63, 3.8) is 0 Å². The summed E-state index contributed by atoms with van der Waals surface area (Å²) in [7, 11) is 5.14. The summed E-state index contributed by atoms with van der Waals surface area (Å²) < 4.78 is 12.6. The maximum Gasteiger partial charge on any atom is 0.122 e. The highest BCUT2D eigenvalue weighted by Crippen LogP contribution is 2.35. The van der Waals surface area contributed by atoms with Crippen molar-refractivity contribution in [2.45, 2.75) is 18.8 Å². The number of nitrogens with zero attached hydrogens (tertiary/aromatic N) is 5. The van der Waals surface area contributed by atoms with E-state index in [0.717, 1.165) is 44.9 Å². The van der Waals surface area contributed by atoms with Crippen LogP contribution in [0.1, 0.15) is 29.9 Å². The molecule has 0 aliphatic carbocycles. The van der Waals surface area contributed by atoms with E-state index in [-0.39, 0.29) is 5.92 Å².